The number of ether oxygens (including phenoxy) is 2. The minimum absolute atomic E-state index is 0.0104. The molecular weight excluding hydrogens is 594 g/mol. The number of carboxylic acid groups (broad SMARTS) is 1. The van der Waals surface area contributed by atoms with E-state index in [0.717, 1.165) is 17.5 Å². The first kappa shape index (κ1) is 30.7. The SMILES string of the molecule is O=C(Nc1ccc(F)cc1)c1cccc(Oc2cccc(C(F)(F)F)c2)n1.O=C(O)COc1ccc(Cl)c2cccnc12. The number of alkyl halides is 3. The van der Waals surface area contributed by atoms with Crippen molar-refractivity contribution in [3.63, 3.8) is 0 Å². The Morgan fingerprint density at radius 2 is 1.67 bits per heavy atom. The third-order valence-electron chi connectivity index (χ3n) is 5.47. The smallest absolute Gasteiger partial charge is 0.416 e. The zero-order chi connectivity index (χ0) is 31.0. The highest BCUT2D eigenvalue weighted by molar-refractivity contribution is 6.35. The first-order valence-electron chi connectivity index (χ1n) is 12.3. The number of carboxylic acids is 1. The van der Waals surface area contributed by atoms with Gasteiger partial charge in [-0.2, -0.15) is 13.2 Å². The van der Waals surface area contributed by atoms with E-state index in [9.17, 15) is 27.2 Å². The second kappa shape index (κ2) is 13.6. The molecule has 220 valence electrons. The second-order valence-electron chi connectivity index (χ2n) is 8.58. The summed E-state index contributed by atoms with van der Waals surface area (Å²) in [4.78, 5) is 30.7. The van der Waals surface area contributed by atoms with Crippen molar-refractivity contribution >= 4 is 40.1 Å². The Labute approximate surface area is 246 Å². The van der Waals surface area contributed by atoms with Gasteiger partial charge in [-0.1, -0.05) is 23.7 Å². The van der Waals surface area contributed by atoms with Crippen LogP contribution in [0.15, 0.2) is 97.2 Å². The molecule has 5 rings (SSSR count). The lowest BCUT2D eigenvalue weighted by atomic mass is 10.2. The fraction of sp³-hybridized carbons (Fsp3) is 0.0667. The maximum atomic E-state index is 12.9. The van der Waals surface area contributed by atoms with E-state index in [1.54, 1.807) is 30.5 Å². The van der Waals surface area contributed by atoms with Gasteiger partial charge in [0.05, 0.1) is 10.6 Å². The largest absolute Gasteiger partial charge is 0.480 e. The molecule has 43 heavy (non-hydrogen) atoms. The van der Waals surface area contributed by atoms with Gasteiger partial charge in [0.25, 0.3) is 5.91 Å². The lowest BCUT2D eigenvalue weighted by Crippen LogP contribution is -2.13. The molecule has 0 aliphatic rings. The standard InChI is InChI=1S/C19H12F4N2O2.C11H8ClNO3/c20-13-7-9-14(10-8-13)24-18(26)16-5-2-6-17(25-16)27-15-4-1-3-12(11-15)19(21,22)23;12-8-3-4-9(16-6-10(14)15)11-7(8)2-1-5-13-11/h1-11H,(H,24,26);1-5H,6H2,(H,14,15). The number of benzene rings is 3. The van der Waals surface area contributed by atoms with Crippen LogP contribution in [0, 0.1) is 5.82 Å². The van der Waals surface area contributed by atoms with Crippen LogP contribution in [0.4, 0.5) is 23.2 Å². The number of nitrogens with zero attached hydrogens (tertiary/aromatic N) is 2. The van der Waals surface area contributed by atoms with E-state index in [1.165, 1.54) is 54.6 Å². The topological polar surface area (TPSA) is 111 Å². The van der Waals surface area contributed by atoms with Crippen LogP contribution in [-0.2, 0) is 11.0 Å². The normalized spacial score (nSPS) is 10.8. The molecule has 0 saturated carbocycles. The minimum atomic E-state index is -4.50. The van der Waals surface area contributed by atoms with E-state index in [0.29, 0.717) is 22.0 Å². The van der Waals surface area contributed by atoms with Crippen LogP contribution in [0.2, 0.25) is 5.02 Å². The number of anilines is 1. The van der Waals surface area contributed by atoms with E-state index in [1.807, 2.05) is 0 Å². The van der Waals surface area contributed by atoms with Crippen molar-refractivity contribution in [2.45, 2.75) is 6.18 Å². The number of rotatable bonds is 7. The summed E-state index contributed by atoms with van der Waals surface area (Å²) in [6.07, 6.45) is -2.89. The Morgan fingerprint density at radius 3 is 2.40 bits per heavy atom. The van der Waals surface area contributed by atoms with Crippen LogP contribution < -0.4 is 14.8 Å². The number of amides is 1. The Hall–Kier alpha value is -5.23. The zero-order valence-corrected chi connectivity index (χ0v) is 22.6. The van der Waals surface area contributed by atoms with Crippen LogP contribution in [0.1, 0.15) is 16.1 Å². The lowest BCUT2D eigenvalue weighted by molar-refractivity contribution is -0.139. The maximum Gasteiger partial charge on any atom is 0.416 e. The van der Waals surface area contributed by atoms with Crippen molar-refractivity contribution in [1.82, 2.24) is 9.97 Å². The Bertz CT molecular complexity index is 1750. The number of aromatic nitrogens is 2. The van der Waals surface area contributed by atoms with Crippen molar-refractivity contribution in [3.8, 4) is 17.4 Å². The summed E-state index contributed by atoms with van der Waals surface area (Å²) in [7, 11) is 0. The summed E-state index contributed by atoms with van der Waals surface area (Å²) in [6.45, 7) is -0.396. The third kappa shape index (κ3) is 8.63. The molecule has 5 aromatic rings. The van der Waals surface area contributed by atoms with Crippen molar-refractivity contribution in [1.29, 1.82) is 0 Å². The average Bonchev–Trinajstić information content (AvgIpc) is 2.98. The fourth-order valence-corrected chi connectivity index (χ4v) is 3.77. The van der Waals surface area contributed by atoms with Crippen LogP contribution in [0.5, 0.6) is 17.4 Å². The molecule has 0 radical (unpaired) electrons. The molecule has 0 aliphatic heterocycles. The number of pyridine rings is 2. The van der Waals surface area contributed by atoms with E-state index >= 15 is 0 Å². The van der Waals surface area contributed by atoms with Gasteiger partial charge in [0, 0.05) is 23.3 Å². The highest BCUT2D eigenvalue weighted by atomic mass is 35.5. The van der Waals surface area contributed by atoms with E-state index < -0.39 is 36.0 Å². The highest BCUT2D eigenvalue weighted by Gasteiger charge is 2.30. The predicted molar refractivity (Wildman–Crippen MR) is 150 cm³/mol. The van der Waals surface area contributed by atoms with Gasteiger partial charge in [-0.25, -0.2) is 14.2 Å². The van der Waals surface area contributed by atoms with Gasteiger partial charge in [-0.3, -0.25) is 9.78 Å². The number of carbonyl (C=O) groups is 2. The van der Waals surface area contributed by atoms with Gasteiger partial charge < -0.3 is 19.9 Å². The van der Waals surface area contributed by atoms with Crippen molar-refractivity contribution in [2.75, 3.05) is 11.9 Å². The third-order valence-corrected chi connectivity index (χ3v) is 5.80. The summed E-state index contributed by atoms with van der Waals surface area (Å²) in [5, 5.41) is 12.4. The number of nitrogens with one attached hydrogen (secondary N) is 1. The molecule has 0 unspecified atom stereocenters. The van der Waals surface area contributed by atoms with E-state index in [4.69, 9.17) is 26.2 Å². The summed E-state index contributed by atoms with van der Waals surface area (Å²) in [5.74, 6) is -1.73. The van der Waals surface area contributed by atoms with E-state index in [2.05, 4.69) is 15.3 Å². The zero-order valence-electron chi connectivity index (χ0n) is 21.8. The van der Waals surface area contributed by atoms with Crippen LogP contribution in [0.25, 0.3) is 10.9 Å². The molecule has 2 N–H and O–H groups in total. The molecule has 0 fully saturated rings. The number of hydrogen-bond acceptors (Lipinski definition) is 6. The molecule has 2 aromatic heterocycles. The lowest BCUT2D eigenvalue weighted by Gasteiger charge is -2.10. The number of hydrogen-bond donors (Lipinski definition) is 2. The van der Waals surface area contributed by atoms with Gasteiger partial charge in [-0.05, 0) is 72.8 Å². The molecule has 8 nitrogen and oxygen atoms in total. The molecule has 2 heterocycles. The minimum Gasteiger partial charge on any atom is -0.480 e. The summed E-state index contributed by atoms with van der Waals surface area (Å²) in [6, 6.07) is 20.6. The molecule has 13 heteroatoms. The maximum absolute atomic E-state index is 12.9. The van der Waals surface area contributed by atoms with Gasteiger partial charge in [0.2, 0.25) is 5.88 Å². The molecule has 0 spiro atoms. The average molecular weight is 614 g/mol. The molecule has 3 aromatic carbocycles. The Kier molecular flexibility index (Phi) is 9.73. The second-order valence-corrected chi connectivity index (χ2v) is 8.98. The fourth-order valence-electron chi connectivity index (χ4n) is 3.55. The quantitative estimate of drug-likeness (QED) is 0.182. The van der Waals surface area contributed by atoms with Crippen molar-refractivity contribution in [2.24, 2.45) is 0 Å². The monoisotopic (exact) mass is 613 g/mol. The van der Waals surface area contributed by atoms with Gasteiger partial charge in [0.15, 0.2) is 6.61 Å². The molecule has 0 atom stereocenters. The predicted octanol–water partition coefficient (Wildman–Crippen LogP) is 7.64. The number of halogens is 5. The number of aliphatic carboxylic acids is 1. The van der Waals surface area contributed by atoms with Gasteiger partial charge >= 0.3 is 12.1 Å². The van der Waals surface area contributed by atoms with Gasteiger partial charge in [0.1, 0.15) is 28.5 Å². The van der Waals surface area contributed by atoms with Crippen LogP contribution >= 0.6 is 11.6 Å². The van der Waals surface area contributed by atoms with Crippen LogP contribution in [0.3, 0.4) is 0 Å². The summed E-state index contributed by atoms with van der Waals surface area (Å²) >= 11 is 5.98. The van der Waals surface area contributed by atoms with Crippen molar-refractivity contribution < 1.29 is 41.7 Å². The van der Waals surface area contributed by atoms with Gasteiger partial charge in [-0.15, -0.1) is 0 Å². The molecule has 0 saturated heterocycles. The first-order valence-corrected chi connectivity index (χ1v) is 12.6. The Morgan fingerprint density at radius 1 is 0.930 bits per heavy atom. The number of fused-ring (bicyclic) bond motifs is 1. The summed E-state index contributed by atoms with van der Waals surface area (Å²) < 4.78 is 61.6. The highest BCUT2D eigenvalue weighted by Crippen LogP contribution is 2.32. The molecule has 0 bridgehead atoms. The van der Waals surface area contributed by atoms with E-state index in [-0.39, 0.29) is 17.3 Å². The van der Waals surface area contributed by atoms with Crippen molar-refractivity contribution in [3.05, 3.63) is 119 Å². The van der Waals surface area contributed by atoms with Crippen LogP contribution in [-0.4, -0.2) is 33.6 Å². The Balaban J connectivity index is 0.000000225. The molecule has 1 amide bonds. The number of carbonyl (C=O) groups excluding carboxylic acids is 1. The first-order chi connectivity index (χ1) is 20.5. The molecule has 0 aliphatic carbocycles. The summed E-state index contributed by atoms with van der Waals surface area (Å²) in [5.41, 5.74) is 0.0673. The molecular formula is C30H20ClF4N3O5.